The zero-order valence-electron chi connectivity index (χ0n) is 16.7. The van der Waals surface area contributed by atoms with Crippen molar-refractivity contribution in [3.05, 3.63) is 82.4 Å². The number of ether oxygens (including phenoxy) is 1. The van der Waals surface area contributed by atoms with Gasteiger partial charge < -0.3 is 19.8 Å². The summed E-state index contributed by atoms with van der Waals surface area (Å²) < 4.78 is 37.2. The molecule has 3 aromatic rings. The molecule has 0 aliphatic heterocycles. The Bertz CT molecular complexity index is 1210. The van der Waals surface area contributed by atoms with Gasteiger partial charge in [0, 0.05) is 11.6 Å². The molecular formula is C22H15Cl2F2N3O4. The molecule has 2 aromatic carbocycles. The van der Waals surface area contributed by atoms with Gasteiger partial charge in [-0.05, 0) is 30.3 Å². The number of amides is 2. The molecule has 1 aromatic heterocycles. The van der Waals surface area contributed by atoms with Crippen LogP contribution in [0.2, 0.25) is 10.0 Å². The van der Waals surface area contributed by atoms with Crippen molar-refractivity contribution in [2.45, 2.75) is 0 Å². The van der Waals surface area contributed by atoms with Crippen LogP contribution in [0.5, 0.6) is 5.75 Å². The Morgan fingerprint density at radius 3 is 2.33 bits per heavy atom. The first-order chi connectivity index (χ1) is 15.7. The zero-order chi connectivity index (χ0) is 24.5. The summed E-state index contributed by atoms with van der Waals surface area (Å²) in [5, 5.41) is 4.46. The average molecular weight is 494 g/mol. The second-order valence-electron chi connectivity index (χ2n) is 6.01. The average Bonchev–Trinajstić information content (AvgIpc) is 3.28. The summed E-state index contributed by atoms with van der Waals surface area (Å²) in [6.07, 6.45) is 9.06. The molecule has 0 unspecified atom stereocenters. The van der Waals surface area contributed by atoms with Crippen molar-refractivity contribution in [2.24, 2.45) is 0 Å². The highest BCUT2D eigenvalue weighted by Gasteiger charge is 2.16. The fraction of sp³-hybridized carbons (Fsp3) is 0.0455. The maximum atomic E-state index is 13.6. The highest BCUT2D eigenvalue weighted by Crippen LogP contribution is 2.24. The van der Waals surface area contributed by atoms with Crippen LogP contribution in [0.3, 0.4) is 0 Å². The smallest absolute Gasteiger partial charge is 0.278 e. The summed E-state index contributed by atoms with van der Waals surface area (Å²) >= 11 is 11.2. The number of benzene rings is 2. The third-order valence-electron chi connectivity index (χ3n) is 3.72. The van der Waals surface area contributed by atoms with Crippen LogP contribution < -0.4 is 15.4 Å². The van der Waals surface area contributed by atoms with E-state index >= 15 is 0 Å². The lowest BCUT2D eigenvalue weighted by Crippen LogP contribution is -2.36. The molecular weight excluding hydrogens is 479 g/mol. The van der Waals surface area contributed by atoms with Gasteiger partial charge in [0.25, 0.3) is 11.8 Å². The number of halogens is 4. The summed E-state index contributed by atoms with van der Waals surface area (Å²) in [5.41, 5.74) is 0.150. The van der Waals surface area contributed by atoms with E-state index in [2.05, 4.69) is 35.0 Å². The zero-order valence-corrected chi connectivity index (χ0v) is 18.2. The fourth-order valence-corrected chi connectivity index (χ4v) is 2.53. The van der Waals surface area contributed by atoms with Crippen LogP contribution in [0, 0.1) is 24.5 Å². The number of nitrogens with one attached hydrogen (secondary N) is 2. The van der Waals surface area contributed by atoms with Gasteiger partial charge in [-0.2, -0.15) is 0 Å². The Morgan fingerprint density at radius 1 is 1.06 bits per heavy atom. The standard InChI is InChI=1S/C20H13Cl2F2N3O4.C2H2/c1-10(25-18(28)9-30-12-3-5-14(22)16(24)7-12)26-19(29)17-8-31-20(27-17)11-2-4-13(21)15(23)6-11;1-2/h2-8H,1,9H2,(H,25,28)(H,26,29);1-2H. The SMILES string of the molecule is C#C.C=C(NC(=O)COc1ccc(Cl)c(F)c1)NC(=O)c1coc(-c2ccc(Cl)c(F)c2)n1. The van der Waals surface area contributed by atoms with Gasteiger partial charge >= 0.3 is 0 Å². The van der Waals surface area contributed by atoms with Crippen molar-refractivity contribution in [3.8, 4) is 30.1 Å². The van der Waals surface area contributed by atoms with Crippen LogP contribution in [0.15, 0.2) is 59.5 Å². The van der Waals surface area contributed by atoms with E-state index in [1.165, 1.54) is 24.3 Å². The first kappa shape index (κ1) is 25.4. The monoisotopic (exact) mass is 493 g/mol. The summed E-state index contributed by atoms with van der Waals surface area (Å²) in [7, 11) is 0. The first-order valence-corrected chi connectivity index (χ1v) is 9.61. The quantitative estimate of drug-likeness (QED) is 0.470. The highest BCUT2D eigenvalue weighted by atomic mass is 35.5. The van der Waals surface area contributed by atoms with Crippen LogP contribution in [-0.4, -0.2) is 23.4 Å². The van der Waals surface area contributed by atoms with E-state index in [1.807, 2.05) is 0 Å². The molecule has 0 aliphatic rings. The molecule has 0 fully saturated rings. The van der Waals surface area contributed by atoms with Crippen LogP contribution in [0.25, 0.3) is 11.5 Å². The molecule has 0 saturated carbocycles. The lowest BCUT2D eigenvalue weighted by Gasteiger charge is -2.10. The number of nitrogens with zero attached hydrogens (tertiary/aromatic N) is 1. The van der Waals surface area contributed by atoms with E-state index in [-0.39, 0.29) is 38.8 Å². The van der Waals surface area contributed by atoms with Crippen molar-refractivity contribution < 1.29 is 27.5 Å². The number of hydrogen-bond donors (Lipinski definition) is 2. The molecule has 33 heavy (non-hydrogen) atoms. The number of aromatic nitrogens is 1. The van der Waals surface area contributed by atoms with E-state index < -0.39 is 30.1 Å². The topological polar surface area (TPSA) is 93.5 Å². The normalized spacial score (nSPS) is 9.88. The van der Waals surface area contributed by atoms with Crippen LogP contribution in [0.1, 0.15) is 10.5 Å². The third kappa shape index (κ3) is 7.07. The Morgan fingerprint density at radius 2 is 1.70 bits per heavy atom. The number of hydrogen-bond acceptors (Lipinski definition) is 5. The second kappa shape index (κ2) is 11.7. The van der Waals surface area contributed by atoms with Gasteiger partial charge in [0.2, 0.25) is 5.89 Å². The number of rotatable bonds is 7. The minimum atomic E-state index is -0.726. The largest absolute Gasteiger partial charge is 0.484 e. The molecule has 3 rings (SSSR count). The summed E-state index contributed by atoms with van der Waals surface area (Å²) in [4.78, 5) is 28.1. The Hall–Kier alpha value is -3.87. The Labute approximate surface area is 197 Å². The maximum absolute atomic E-state index is 13.6. The van der Waals surface area contributed by atoms with Gasteiger partial charge in [-0.1, -0.05) is 29.8 Å². The number of oxazole rings is 1. The minimum absolute atomic E-state index is 0.000962. The fourth-order valence-electron chi connectivity index (χ4n) is 2.29. The first-order valence-electron chi connectivity index (χ1n) is 8.85. The number of carbonyl (C=O) groups is 2. The van der Waals surface area contributed by atoms with Crippen molar-refractivity contribution in [1.82, 2.24) is 15.6 Å². The van der Waals surface area contributed by atoms with Crippen LogP contribution >= 0.6 is 23.2 Å². The molecule has 2 amide bonds. The molecule has 0 radical (unpaired) electrons. The lowest BCUT2D eigenvalue weighted by molar-refractivity contribution is -0.122. The number of terminal acetylenes is 1. The molecule has 0 aliphatic carbocycles. The van der Waals surface area contributed by atoms with E-state index in [1.54, 1.807) is 0 Å². The molecule has 0 bridgehead atoms. The molecule has 2 N–H and O–H groups in total. The van der Waals surface area contributed by atoms with Gasteiger partial charge in [0.1, 0.15) is 29.5 Å². The summed E-state index contributed by atoms with van der Waals surface area (Å²) in [6.45, 7) is 3.04. The van der Waals surface area contributed by atoms with Crippen molar-refractivity contribution in [1.29, 1.82) is 0 Å². The molecule has 7 nitrogen and oxygen atoms in total. The Balaban J connectivity index is 0.00000187. The van der Waals surface area contributed by atoms with Crippen molar-refractivity contribution in [2.75, 3.05) is 6.61 Å². The van der Waals surface area contributed by atoms with Crippen LogP contribution in [0.4, 0.5) is 8.78 Å². The summed E-state index contributed by atoms with van der Waals surface area (Å²) in [6, 6.07) is 7.62. The van der Waals surface area contributed by atoms with E-state index in [0.717, 1.165) is 18.4 Å². The maximum Gasteiger partial charge on any atom is 0.278 e. The van der Waals surface area contributed by atoms with E-state index in [9.17, 15) is 18.4 Å². The van der Waals surface area contributed by atoms with E-state index in [0.29, 0.717) is 0 Å². The molecule has 0 atom stereocenters. The summed E-state index contributed by atoms with van der Waals surface area (Å²) in [5.74, 6) is -2.79. The van der Waals surface area contributed by atoms with Gasteiger partial charge in [-0.15, -0.1) is 12.8 Å². The van der Waals surface area contributed by atoms with Gasteiger partial charge in [0.15, 0.2) is 12.3 Å². The van der Waals surface area contributed by atoms with Crippen LogP contribution in [-0.2, 0) is 4.79 Å². The predicted molar refractivity (Wildman–Crippen MR) is 118 cm³/mol. The molecule has 1 heterocycles. The van der Waals surface area contributed by atoms with Gasteiger partial charge in [-0.25, -0.2) is 13.8 Å². The molecule has 0 spiro atoms. The number of carbonyl (C=O) groups excluding carboxylic acids is 2. The van der Waals surface area contributed by atoms with Gasteiger partial charge in [-0.3, -0.25) is 9.59 Å². The second-order valence-corrected chi connectivity index (χ2v) is 6.83. The molecule has 0 saturated heterocycles. The Kier molecular flexibility index (Phi) is 8.98. The highest BCUT2D eigenvalue weighted by molar-refractivity contribution is 6.31. The lowest BCUT2D eigenvalue weighted by atomic mass is 10.2. The molecule has 170 valence electrons. The third-order valence-corrected chi connectivity index (χ3v) is 4.33. The van der Waals surface area contributed by atoms with Crippen molar-refractivity contribution in [3.63, 3.8) is 0 Å². The van der Waals surface area contributed by atoms with E-state index in [4.69, 9.17) is 32.4 Å². The molecule has 11 heteroatoms. The minimum Gasteiger partial charge on any atom is -0.484 e. The van der Waals surface area contributed by atoms with Crippen molar-refractivity contribution >= 4 is 35.0 Å². The van der Waals surface area contributed by atoms with Gasteiger partial charge in [0.05, 0.1) is 10.0 Å². The predicted octanol–water partition coefficient (Wildman–Crippen LogP) is 4.57.